The van der Waals surface area contributed by atoms with Crippen LogP contribution in [0.4, 0.5) is 15.8 Å². The fraction of sp³-hybridized carbons (Fsp3) is 0.0588. The summed E-state index contributed by atoms with van der Waals surface area (Å²) in [5.74, 6) is -0.842. The van der Waals surface area contributed by atoms with E-state index in [1.165, 1.54) is 18.3 Å². The highest BCUT2D eigenvalue weighted by molar-refractivity contribution is 5.99. The molecule has 0 spiro atoms. The summed E-state index contributed by atoms with van der Waals surface area (Å²) in [5, 5.41) is 12.9. The van der Waals surface area contributed by atoms with E-state index in [9.17, 15) is 9.18 Å². The summed E-state index contributed by atoms with van der Waals surface area (Å²) in [6.45, 7) is 3.37. The second kappa shape index (κ2) is 6.67. The van der Waals surface area contributed by atoms with E-state index in [0.717, 1.165) is 22.9 Å². The van der Waals surface area contributed by atoms with Gasteiger partial charge in [-0.3, -0.25) is 4.79 Å². The van der Waals surface area contributed by atoms with Gasteiger partial charge in [0.15, 0.2) is 0 Å². The molecule has 112 valence electrons. The van der Waals surface area contributed by atoms with Gasteiger partial charge in [-0.1, -0.05) is 18.7 Å². The lowest BCUT2D eigenvalue weighted by Crippen LogP contribution is -2.07. The van der Waals surface area contributed by atoms with Gasteiger partial charge in [0, 0.05) is 30.2 Å². The zero-order valence-electron chi connectivity index (χ0n) is 12.1. The van der Waals surface area contributed by atoms with Crippen molar-refractivity contribution in [2.24, 2.45) is 0 Å². The van der Waals surface area contributed by atoms with Gasteiger partial charge < -0.3 is 16.0 Å². The maximum absolute atomic E-state index is 13.8. The molecule has 0 heterocycles. The molecule has 0 saturated heterocycles. The van der Waals surface area contributed by atoms with Crippen molar-refractivity contribution in [1.29, 1.82) is 5.41 Å². The first kappa shape index (κ1) is 15.4. The van der Waals surface area contributed by atoms with E-state index in [-0.39, 0.29) is 0 Å². The molecular weight excluding hydrogens is 281 g/mol. The van der Waals surface area contributed by atoms with Gasteiger partial charge in [-0.2, -0.15) is 0 Å². The smallest absolute Gasteiger partial charge is 0.247 e. The number of carbonyl (C=O) groups excluding carboxylic acids is 1. The molecule has 2 aromatic carbocycles. The monoisotopic (exact) mass is 297 g/mol. The highest BCUT2D eigenvalue weighted by Gasteiger charge is 2.07. The Morgan fingerprint density at radius 3 is 2.64 bits per heavy atom. The normalized spacial score (nSPS) is 9.91. The lowest BCUT2D eigenvalue weighted by Gasteiger charge is -2.10. The average Bonchev–Trinajstić information content (AvgIpc) is 2.53. The first-order valence-electron chi connectivity index (χ1n) is 6.64. The number of carbonyl (C=O) groups is 1. The Balaban J connectivity index is 2.46. The molecule has 0 radical (unpaired) electrons. The maximum Gasteiger partial charge on any atom is 0.247 e. The van der Waals surface area contributed by atoms with Crippen LogP contribution in [-0.2, 0) is 4.79 Å². The summed E-state index contributed by atoms with van der Waals surface area (Å²) in [6, 6.07) is 9.73. The maximum atomic E-state index is 13.8. The zero-order chi connectivity index (χ0) is 16.1. The SMILES string of the molecule is C=CC(=O)Nc1cc(F)cc(-c2ccc(C=N)c(NC)c2)c1. The van der Waals surface area contributed by atoms with Crippen molar-refractivity contribution in [3.8, 4) is 11.1 Å². The van der Waals surface area contributed by atoms with Crippen LogP contribution in [-0.4, -0.2) is 19.2 Å². The van der Waals surface area contributed by atoms with E-state index in [1.807, 2.05) is 6.07 Å². The van der Waals surface area contributed by atoms with Gasteiger partial charge in [-0.25, -0.2) is 4.39 Å². The molecule has 0 fully saturated rings. The van der Waals surface area contributed by atoms with Crippen LogP contribution in [0.5, 0.6) is 0 Å². The topological polar surface area (TPSA) is 65.0 Å². The Morgan fingerprint density at radius 2 is 2.00 bits per heavy atom. The van der Waals surface area contributed by atoms with Gasteiger partial charge >= 0.3 is 0 Å². The number of amides is 1. The second-order valence-electron chi connectivity index (χ2n) is 4.62. The molecule has 0 aliphatic rings. The molecule has 0 bridgehead atoms. The van der Waals surface area contributed by atoms with Crippen LogP contribution in [0.25, 0.3) is 11.1 Å². The number of halogens is 1. The van der Waals surface area contributed by atoms with Crippen LogP contribution >= 0.6 is 0 Å². The third kappa shape index (κ3) is 3.38. The lowest BCUT2D eigenvalue weighted by molar-refractivity contribution is -0.111. The van der Waals surface area contributed by atoms with Crippen molar-refractivity contribution in [1.82, 2.24) is 0 Å². The fourth-order valence-corrected chi connectivity index (χ4v) is 2.10. The van der Waals surface area contributed by atoms with Crippen molar-refractivity contribution in [3.63, 3.8) is 0 Å². The molecule has 2 rings (SSSR count). The van der Waals surface area contributed by atoms with Gasteiger partial charge in [-0.15, -0.1) is 0 Å². The van der Waals surface area contributed by atoms with Crippen molar-refractivity contribution in [3.05, 3.63) is 60.4 Å². The number of anilines is 2. The molecule has 0 saturated carbocycles. The van der Waals surface area contributed by atoms with Gasteiger partial charge in [-0.05, 0) is 41.5 Å². The Labute approximate surface area is 128 Å². The van der Waals surface area contributed by atoms with E-state index in [0.29, 0.717) is 11.3 Å². The molecule has 0 unspecified atom stereocenters. The molecule has 22 heavy (non-hydrogen) atoms. The van der Waals surface area contributed by atoms with Gasteiger partial charge in [0.05, 0.1) is 0 Å². The summed E-state index contributed by atoms with van der Waals surface area (Å²) in [4.78, 5) is 11.3. The van der Waals surface area contributed by atoms with Gasteiger partial charge in [0.25, 0.3) is 0 Å². The minimum absolute atomic E-state index is 0.363. The second-order valence-corrected chi connectivity index (χ2v) is 4.62. The van der Waals surface area contributed by atoms with Crippen LogP contribution in [0.1, 0.15) is 5.56 Å². The molecule has 0 aliphatic carbocycles. The molecule has 0 atom stereocenters. The van der Waals surface area contributed by atoms with Crippen LogP contribution in [0.2, 0.25) is 0 Å². The van der Waals surface area contributed by atoms with Crippen molar-refractivity contribution >= 4 is 23.5 Å². The van der Waals surface area contributed by atoms with Crippen LogP contribution in [0.15, 0.2) is 49.1 Å². The summed E-state index contributed by atoms with van der Waals surface area (Å²) >= 11 is 0. The molecule has 2 aromatic rings. The standard InChI is InChI=1S/C17H16FN3O/c1-3-17(22)21-15-7-13(6-14(18)9-15)11-4-5-12(10-19)16(8-11)20-2/h3-10,19-20H,1H2,2H3,(H,21,22). The average molecular weight is 297 g/mol. The van der Waals surface area contributed by atoms with Crippen molar-refractivity contribution < 1.29 is 9.18 Å². The van der Waals surface area contributed by atoms with Crippen LogP contribution in [0, 0.1) is 11.2 Å². The van der Waals surface area contributed by atoms with E-state index in [4.69, 9.17) is 5.41 Å². The molecule has 3 N–H and O–H groups in total. The molecule has 0 aromatic heterocycles. The number of benzene rings is 2. The zero-order valence-corrected chi connectivity index (χ0v) is 12.1. The number of hydrogen-bond acceptors (Lipinski definition) is 3. The molecule has 0 aliphatic heterocycles. The highest BCUT2D eigenvalue weighted by Crippen LogP contribution is 2.28. The minimum atomic E-state index is -0.445. The Bertz CT molecular complexity index is 741. The Kier molecular flexibility index (Phi) is 4.68. The predicted molar refractivity (Wildman–Crippen MR) is 88.1 cm³/mol. The van der Waals surface area contributed by atoms with E-state index >= 15 is 0 Å². The molecule has 4 nitrogen and oxygen atoms in total. The van der Waals surface area contributed by atoms with Crippen LogP contribution < -0.4 is 10.6 Å². The van der Waals surface area contributed by atoms with Gasteiger partial charge in [0.1, 0.15) is 5.82 Å². The van der Waals surface area contributed by atoms with E-state index < -0.39 is 11.7 Å². The Morgan fingerprint density at radius 1 is 1.23 bits per heavy atom. The minimum Gasteiger partial charge on any atom is -0.388 e. The number of nitrogens with one attached hydrogen (secondary N) is 3. The first-order valence-corrected chi connectivity index (χ1v) is 6.64. The third-order valence-corrected chi connectivity index (χ3v) is 3.16. The first-order chi connectivity index (χ1) is 10.6. The molecule has 5 heteroatoms. The third-order valence-electron chi connectivity index (χ3n) is 3.16. The highest BCUT2D eigenvalue weighted by atomic mass is 19.1. The summed E-state index contributed by atoms with van der Waals surface area (Å²) in [5.41, 5.74) is 3.29. The molecule has 1 amide bonds. The lowest BCUT2D eigenvalue weighted by atomic mass is 10.0. The summed E-state index contributed by atoms with van der Waals surface area (Å²) in [7, 11) is 1.76. The molecular formula is C17H16FN3O. The summed E-state index contributed by atoms with van der Waals surface area (Å²) in [6.07, 6.45) is 2.37. The number of hydrogen-bond donors (Lipinski definition) is 3. The summed E-state index contributed by atoms with van der Waals surface area (Å²) < 4.78 is 13.8. The quantitative estimate of drug-likeness (QED) is 0.582. The number of rotatable bonds is 5. The fourth-order valence-electron chi connectivity index (χ4n) is 2.10. The largest absolute Gasteiger partial charge is 0.388 e. The van der Waals surface area contributed by atoms with E-state index in [2.05, 4.69) is 17.2 Å². The Hall–Kier alpha value is -2.95. The predicted octanol–water partition coefficient (Wildman–Crippen LogP) is 3.66. The van der Waals surface area contributed by atoms with Gasteiger partial charge in [0.2, 0.25) is 5.91 Å². The van der Waals surface area contributed by atoms with Crippen molar-refractivity contribution in [2.45, 2.75) is 0 Å². The van der Waals surface area contributed by atoms with E-state index in [1.54, 1.807) is 25.2 Å². The van der Waals surface area contributed by atoms with Crippen LogP contribution in [0.3, 0.4) is 0 Å². The van der Waals surface area contributed by atoms with Crippen molar-refractivity contribution in [2.75, 3.05) is 17.7 Å².